The number of nitrogens with zero attached hydrogens (tertiary/aromatic N) is 5. The van der Waals surface area contributed by atoms with Crippen molar-refractivity contribution >= 4 is 40.0 Å². The van der Waals surface area contributed by atoms with E-state index in [2.05, 4.69) is 9.80 Å². The fourth-order valence-corrected chi connectivity index (χ4v) is 4.94. The lowest BCUT2D eigenvalue weighted by atomic mass is 10.1. The van der Waals surface area contributed by atoms with E-state index in [-0.39, 0.29) is 18.0 Å². The second-order valence-electron chi connectivity index (χ2n) is 8.72. The number of fused-ring (bicyclic) bond motifs is 1. The first-order chi connectivity index (χ1) is 16.1. The Morgan fingerprint density at radius 2 is 1.64 bits per heavy atom. The van der Waals surface area contributed by atoms with Crippen molar-refractivity contribution in [3.8, 4) is 0 Å². The van der Waals surface area contributed by atoms with Crippen LogP contribution in [0.3, 0.4) is 0 Å². The van der Waals surface area contributed by atoms with E-state index in [1.165, 1.54) is 6.42 Å². The van der Waals surface area contributed by atoms with Crippen LogP contribution in [-0.4, -0.2) is 59.6 Å². The van der Waals surface area contributed by atoms with Crippen molar-refractivity contribution in [2.75, 3.05) is 49.1 Å². The van der Waals surface area contributed by atoms with Gasteiger partial charge in [0, 0.05) is 50.0 Å². The summed E-state index contributed by atoms with van der Waals surface area (Å²) < 4.78 is 1.58. The fraction of sp³-hybridized carbons (Fsp3) is 0.400. The van der Waals surface area contributed by atoms with Crippen LogP contribution < -0.4 is 15.4 Å². The minimum atomic E-state index is -0.146. The zero-order chi connectivity index (χ0) is 22.8. The predicted octanol–water partition coefficient (Wildman–Crippen LogP) is 3.39. The molecule has 172 valence electrons. The first-order valence-electron chi connectivity index (χ1n) is 11.6. The summed E-state index contributed by atoms with van der Waals surface area (Å²) in [6, 6.07) is 15.2. The van der Waals surface area contributed by atoms with Crippen LogP contribution in [0.1, 0.15) is 19.3 Å². The third-order valence-electron chi connectivity index (χ3n) is 6.58. The Kier molecular flexibility index (Phi) is 6.22. The number of piperidine rings is 1. The maximum atomic E-state index is 13.4. The van der Waals surface area contributed by atoms with Crippen molar-refractivity contribution in [2.24, 2.45) is 0 Å². The molecule has 2 saturated heterocycles. The summed E-state index contributed by atoms with van der Waals surface area (Å²) in [5.74, 6) is 0.572. The largest absolute Gasteiger partial charge is 0.368 e. The summed E-state index contributed by atoms with van der Waals surface area (Å²) in [6.45, 7) is 4.42. The highest BCUT2D eigenvalue weighted by Gasteiger charge is 2.25. The zero-order valence-electron chi connectivity index (χ0n) is 18.6. The van der Waals surface area contributed by atoms with Crippen molar-refractivity contribution in [3.05, 3.63) is 63.9 Å². The molecule has 0 atom stereocenters. The Hall–Kier alpha value is -3.06. The highest BCUT2D eigenvalue weighted by Crippen LogP contribution is 2.22. The maximum absolute atomic E-state index is 13.4. The van der Waals surface area contributed by atoms with Gasteiger partial charge in [0.05, 0.1) is 10.9 Å². The smallest absolute Gasteiger partial charge is 0.263 e. The number of piperazine rings is 1. The van der Waals surface area contributed by atoms with Crippen LogP contribution in [0.2, 0.25) is 5.02 Å². The summed E-state index contributed by atoms with van der Waals surface area (Å²) in [6.07, 6.45) is 3.33. The van der Waals surface area contributed by atoms with Gasteiger partial charge in [-0.2, -0.15) is 0 Å². The molecule has 2 aromatic carbocycles. The average Bonchev–Trinajstić information content (AvgIpc) is 2.86. The number of hydrogen-bond acceptors (Lipinski definition) is 5. The Bertz CT molecular complexity index is 1210. The van der Waals surface area contributed by atoms with Gasteiger partial charge in [-0.15, -0.1) is 0 Å². The molecule has 33 heavy (non-hydrogen) atoms. The van der Waals surface area contributed by atoms with E-state index < -0.39 is 0 Å². The molecule has 0 N–H and O–H groups in total. The topological polar surface area (TPSA) is 61.7 Å². The first-order valence-corrected chi connectivity index (χ1v) is 12.0. The third kappa shape index (κ3) is 4.55. The molecule has 1 aromatic heterocycles. The summed E-state index contributed by atoms with van der Waals surface area (Å²) in [5, 5.41) is 1.26. The van der Waals surface area contributed by atoms with E-state index in [1.807, 2.05) is 47.4 Å². The van der Waals surface area contributed by atoms with Crippen molar-refractivity contribution < 1.29 is 4.79 Å². The first kappa shape index (κ1) is 21.8. The number of amides is 1. The Labute approximate surface area is 198 Å². The number of halogens is 1. The van der Waals surface area contributed by atoms with Gasteiger partial charge < -0.3 is 14.7 Å². The highest BCUT2D eigenvalue weighted by atomic mass is 35.5. The molecule has 2 aliphatic heterocycles. The summed E-state index contributed by atoms with van der Waals surface area (Å²) in [7, 11) is 0. The number of rotatable bonds is 4. The molecule has 0 bridgehead atoms. The molecule has 0 saturated carbocycles. The SMILES string of the molecule is O=C(Cn1c(N2CCCCC2)nc2ccccc2c1=O)N1CCN(c2cccc(Cl)c2)CC1. The van der Waals surface area contributed by atoms with Gasteiger partial charge in [-0.1, -0.05) is 29.8 Å². The van der Waals surface area contributed by atoms with Gasteiger partial charge in [0.1, 0.15) is 6.54 Å². The van der Waals surface area contributed by atoms with Crippen molar-refractivity contribution in [2.45, 2.75) is 25.8 Å². The van der Waals surface area contributed by atoms with Crippen molar-refractivity contribution in [1.82, 2.24) is 14.5 Å². The molecule has 8 heteroatoms. The third-order valence-corrected chi connectivity index (χ3v) is 6.81. The lowest BCUT2D eigenvalue weighted by molar-refractivity contribution is -0.132. The van der Waals surface area contributed by atoms with E-state index in [0.29, 0.717) is 35.0 Å². The molecule has 3 heterocycles. The predicted molar refractivity (Wildman–Crippen MR) is 132 cm³/mol. The number of benzene rings is 2. The van der Waals surface area contributed by atoms with E-state index >= 15 is 0 Å². The molecule has 1 amide bonds. The van der Waals surface area contributed by atoms with E-state index in [1.54, 1.807) is 10.6 Å². The Morgan fingerprint density at radius 3 is 2.39 bits per heavy atom. The fourth-order valence-electron chi connectivity index (χ4n) is 4.76. The van der Waals surface area contributed by atoms with Crippen molar-refractivity contribution in [1.29, 1.82) is 0 Å². The molecule has 2 aliphatic rings. The van der Waals surface area contributed by atoms with Gasteiger partial charge >= 0.3 is 0 Å². The maximum Gasteiger partial charge on any atom is 0.263 e. The molecule has 0 aliphatic carbocycles. The number of aromatic nitrogens is 2. The highest BCUT2D eigenvalue weighted by molar-refractivity contribution is 6.30. The number of carbonyl (C=O) groups is 1. The molecular weight excluding hydrogens is 438 g/mol. The number of hydrogen-bond donors (Lipinski definition) is 0. The van der Waals surface area contributed by atoms with Crippen molar-refractivity contribution in [3.63, 3.8) is 0 Å². The lowest BCUT2D eigenvalue weighted by Crippen LogP contribution is -2.50. The number of carbonyl (C=O) groups excluding carboxylic acids is 1. The zero-order valence-corrected chi connectivity index (χ0v) is 19.4. The van der Waals surface area contributed by atoms with Gasteiger partial charge in [0.15, 0.2) is 0 Å². The lowest BCUT2D eigenvalue weighted by Gasteiger charge is -2.36. The monoisotopic (exact) mass is 465 g/mol. The van der Waals surface area contributed by atoms with Gasteiger partial charge in [0.2, 0.25) is 11.9 Å². The normalized spacial score (nSPS) is 16.9. The Balaban J connectivity index is 1.36. The molecule has 0 spiro atoms. The van der Waals surface area contributed by atoms with Gasteiger partial charge in [0.25, 0.3) is 5.56 Å². The minimum Gasteiger partial charge on any atom is -0.368 e. The second kappa shape index (κ2) is 9.43. The average molecular weight is 466 g/mol. The van der Waals surface area contributed by atoms with Gasteiger partial charge in [-0.25, -0.2) is 4.98 Å². The molecule has 0 unspecified atom stereocenters. The van der Waals surface area contributed by atoms with Crippen LogP contribution in [0.5, 0.6) is 0 Å². The van der Waals surface area contributed by atoms with Gasteiger partial charge in [-0.05, 0) is 49.6 Å². The molecule has 7 nitrogen and oxygen atoms in total. The van der Waals surface area contributed by atoms with E-state index in [0.717, 1.165) is 44.7 Å². The molecule has 5 rings (SSSR count). The van der Waals surface area contributed by atoms with E-state index in [4.69, 9.17) is 16.6 Å². The molecule has 0 radical (unpaired) electrons. The number of anilines is 2. The van der Waals surface area contributed by atoms with Gasteiger partial charge in [-0.3, -0.25) is 14.2 Å². The summed E-state index contributed by atoms with van der Waals surface area (Å²) in [4.78, 5) is 37.7. The molecule has 3 aromatic rings. The van der Waals surface area contributed by atoms with Crippen LogP contribution in [0.15, 0.2) is 53.3 Å². The van der Waals surface area contributed by atoms with Crippen LogP contribution in [0, 0.1) is 0 Å². The summed E-state index contributed by atoms with van der Waals surface area (Å²) in [5.41, 5.74) is 1.60. The molecule has 2 fully saturated rings. The Morgan fingerprint density at radius 1 is 0.879 bits per heavy atom. The van der Waals surface area contributed by atoms with Crippen LogP contribution in [-0.2, 0) is 11.3 Å². The van der Waals surface area contributed by atoms with Crippen LogP contribution in [0.25, 0.3) is 10.9 Å². The second-order valence-corrected chi connectivity index (χ2v) is 9.15. The number of para-hydroxylation sites is 1. The quantitative estimate of drug-likeness (QED) is 0.591. The summed E-state index contributed by atoms with van der Waals surface area (Å²) >= 11 is 6.14. The van der Waals surface area contributed by atoms with E-state index in [9.17, 15) is 9.59 Å². The molecular formula is C25H28ClN5O2. The standard InChI is InChI=1S/C25H28ClN5O2/c26-19-7-6-8-20(17-19)28-13-15-29(16-14-28)23(32)18-31-24(33)21-9-2-3-10-22(21)27-25(31)30-11-4-1-5-12-30/h2-3,6-10,17H,1,4-5,11-16,18H2. The minimum absolute atomic E-state index is 0.0136. The van der Waals surface area contributed by atoms with Crippen LogP contribution in [0.4, 0.5) is 11.6 Å². The van der Waals surface area contributed by atoms with Crippen LogP contribution >= 0.6 is 11.6 Å².